The van der Waals surface area contributed by atoms with Crippen molar-refractivity contribution < 1.29 is 14.4 Å². The van der Waals surface area contributed by atoms with Crippen LogP contribution in [0.2, 0.25) is 10.0 Å². The van der Waals surface area contributed by atoms with E-state index in [2.05, 4.69) is 10.6 Å². The van der Waals surface area contributed by atoms with E-state index in [0.29, 0.717) is 28.6 Å². The van der Waals surface area contributed by atoms with Crippen LogP contribution in [0.4, 0.5) is 5.69 Å². The molecule has 0 bridgehead atoms. The molecule has 3 amide bonds. The summed E-state index contributed by atoms with van der Waals surface area (Å²) in [4.78, 5) is 37.9. The molecule has 0 saturated carbocycles. The van der Waals surface area contributed by atoms with Gasteiger partial charge in [-0.1, -0.05) is 29.3 Å². The van der Waals surface area contributed by atoms with Gasteiger partial charge in [0.2, 0.25) is 11.8 Å². The number of nitrogens with zero attached hydrogens (tertiary/aromatic N) is 1. The fourth-order valence-electron chi connectivity index (χ4n) is 3.13. The molecule has 1 fully saturated rings. The molecule has 2 aromatic carbocycles. The zero-order valence-electron chi connectivity index (χ0n) is 15.9. The van der Waals surface area contributed by atoms with E-state index in [1.165, 1.54) is 0 Å². The number of amides is 3. The summed E-state index contributed by atoms with van der Waals surface area (Å²) in [7, 11) is 0. The quantitative estimate of drug-likeness (QED) is 0.728. The summed E-state index contributed by atoms with van der Waals surface area (Å²) >= 11 is 11.9. The Morgan fingerprint density at radius 3 is 2.45 bits per heavy atom. The topological polar surface area (TPSA) is 78.5 Å². The lowest BCUT2D eigenvalue weighted by Crippen LogP contribution is -2.38. The van der Waals surface area contributed by atoms with Crippen LogP contribution in [0.5, 0.6) is 0 Å². The van der Waals surface area contributed by atoms with E-state index in [9.17, 15) is 14.4 Å². The Morgan fingerprint density at radius 1 is 1.10 bits per heavy atom. The number of hydrogen-bond acceptors (Lipinski definition) is 3. The average Bonchev–Trinajstić information content (AvgIpc) is 3.14. The molecule has 1 aliphatic rings. The van der Waals surface area contributed by atoms with Crippen LogP contribution >= 0.6 is 23.2 Å². The normalized spacial score (nSPS) is 14.6. The predicted octanol–water partition coefficient (Wildman–Crippen LogP) is 3.73. The maximum Gasteiger partial charge on any atom is 0.251 e. The Kier molecular flexibility index (Phi) is 6.77. The Labute approximate surface area is 179 Å². The van der Waals surface area contributed by atoms with Crippen molar-refractivity contribution in [1.29, 1.82) is 0 Å². The van der Waals surface area contributed by atoms with Crippen LogP contribution in [0.1, 0.15) is 41.7 Å². The number of rotatable bonds is 6. The molecule has 1 aliphatic heterocycles. The van der Waals surface area contributed by atoms with E-state index in [1.807, 2.05) is 6.92 Å². The van der Waals surface area contributed by atoms with E-state index in [-0.39, 0.29) is 30.3 Å². The predicted molar refractivity (Wildman–Crippen MR) is 113 cm³/mol. The second kappa shape index (κ2) is 9.29. The first kappa shape index (κ1) is 21.1. The Morgan fingerprint density at radius 2 is 1.83 bits per heavy atom. The first-order valence-corrected chi connectivity index (χ1v) is 10.0. The van der Waals surface area contributed by atoms with Crippen molar-refractivity contribution in [1.82, 2.24) is 10.6 Å². The second-order valence-electron chi connectivity index (χ2n) is 6.84. The smallest absolute Gasteiger partial charge is 0.251 e. The van der Waals surface area contributed by atoms with Crippen molar-refractivity contribution in [3.05, 3.63) is 63.6 Å². The van der Waals surface area contributed by atoms with Crippen molar-refractivity contribution in [2.24, 2.45) is 0 Å². The zero-order chi connectivity index (χ0) is 21.0. The number of carbonyl (C=O) groups excluding carboxylic acids is 3. The molecule has 2 aromatic rings. The van der Waals surface area contributed by atoms with Crippen molar-refractivity contribution >= 4 is 46.6 Å². The summed E-state index contributed by atoms with van der Waals surface area (Å²) in [6, 6.07) is 11.6. The van der Waals surface area contributed by atoms with Gasteiger partial charge < -0.3 is 15.5 Å². The lowest BCUT2D eigenvalue weighted by Gasteiger charge is -2.16. The molecule has 3 rings (SSSR count). The van der Waals surface area contributed by atoms with Crippen LogP contribution in [-0.4, -0.2) is 30.8 Å². The highest BCUT2D eigenvalue weighted by atomic mass is 35.5. The van der Waals surface area contributed by atoms with Gasteiger partial charge in [0.1, 0.15) is 0 Å². The van der Waals surface area contributed by atoms with Crippen LogP contribution in [0.3, 0.4) is 0 Å². The van der Waals surface area contributed by atoms with Crippen LogP contribution in [-0.2, 0) is 9.59 Å². The standard InChI is InChI=1S/C21H21Cl2N3O3/c1-13(15-6-9-17(22)18(23)11-15)25-19(27)12-24-21(29)14-4-7-16(8-5-14)26-10-2-3-20(26)28/h4-9,11,13H,2-3,10,12H2,1H3,(H,24,29)(H,25,27)/t13-/m1/s1. The second-order valence-corrected chi connectivity index (χ2v) is 7.66. The van der Waals surface area contributed by atoms with Gasteiger partial charge in [-0.15, -0.1) is 0 Å². The van der Waals surface area contributed by atoms with Crippen LogP contribution in [0.15, 0.2) is 42.5 Å². The Hall–Kier alpha value is -2.57. The van der Waals surface area contributed by atoms with Crippen LogP contribution < -0.4 is 15.5 Å². The van der Waals surface area contributed by atoms with Crippen LogP contribution in [0.25, 0.3) is 0 Å². The lowest BCUT2D eigenvalue weighted by molar-refractivity contribution is -0.120. The van der Waals surface area contributed by atoms with E-state index < -0.39 is 0 Å². The molecule has 1 atom stereocenters. The van der Waals surface area contributed by atoms with Gasteiger partial charge in [0.15, 0.2) is 0 Å². The minimum absolute atomic E-state index is 0.0926. The molecule has 8 heteroatoms. The van der Waals surface area contributed by atoms with Gasteiger partial charge in [0.05, 0.1) is 22.6 Å². The van der Waals surface area contributed by atoms with Crippen molar-refractivity contribution in [2.45, 2.75) is 25.8 Å². The number of hydrogen-bond donors (Lipinski definition) is 2. The van der Waals surface area contributed by atoms with Gasteiger partial charge in [-0.2, -0.15) is 0 Å². The molecule has 0 spiro atoms. The van der Waals surface area contributed by atoms with Gasteiger partial charge in [-0.25, -0.2) is 0 Å². The van der Waals surface area contributed by atoms with Gasteiger partial charge in [-0.05, 0) is 55.3 Å². The third-order valence-electron chi connectivity index (χ3n) is 4.75. The fourth-order valence-corrected chi connectivity index (χ4v) is 3.44. The molecule has 1 heterocycles. The molecule has 6 nitrogen and oxygen atoms in total. The van der Waals surface area contributed by atoms with Gasteiger partial charge in [0, 0.05) is 24.2 Å². The Bertz CT molecular complexity index is 931. The molecule has 1 saturated heterocycles. The minimum atomic E-state index is -0.360. The van der Waals surface area contributed by atoms with Crippen molar-refractivity contribution in [3.63, 3.8) is 0 Å². The fraction of sp³-hybridized carbons (Fsp3) is 0.286. The SMILES string of the molecule is C[C@@H](NC(=O)CNC(=O)c1ccc(N2CCCC2=O)cc1)c1ccc(Cl)c(Cl)c1. The molecular weight excluding hydrogens is 413 g/mol. The first-order chi connectivity index (χ1) is 13.8. The molecular formula is C21H21Cl2N3O3. The third-order valence-corrected chi connectivity index (χ3v) is 5.48. The number of benzene rings is 2. The highest BCUT2D eigenvalue weighted by molar-refractivity contribution is 6.42. The molecule has 2 N–H and O–H groups in total. The molecule has 0 radical (unpaired) electrons. The molecule has 0 unspecified atom stereocenters. The summed E-state index contributed by atoms with van der Waals surface area (Å²) in [6.07, 6.45) is 1.40. The minimum Gasteiger partial charge on any atom is -0.348 e. The van der Waals surface area contributed by atoms with Crippen LogP contribution in [0, 0.1) is 0 Å². The molecule has 29 heavy (non-hydrogen) atoms. The molecule has 0 aromatic heterocycles. The number of anilines is 1. The van der Waals surface area contributed by atoms with Gasteiger partial charge in [0.25, 0.3) is 5.91 Å². The maximum absolute atomic E-state index is 12.3. The summed E-state index contributed by atoms with van der Waals surface area (Å²) in [5.74, 6) is -0.590. The summed E-state index contributed by atoms with van der Waals surface area (Å²) in [5.41, 5.74) is 2.01. The maximum atomic E-state index is 12.3. The average molecular weight is 434 g/mol. The molecule has 152 valence electrons. The van der Waals surface area contributed by atoms with Crippen molar-refractivity contribution in [2.75, 3.05) is 18.0 Å². The number of nitrogens with one attached hydrogen (secondary N) is 2. The van der Waals surface area contributed by atoms with E-state index >= 15 is 0 Å². The number of carbonyl (C=O) groups is 3. The summed E-state index contributed by atoms with van der Waals surface area (Å²) in [5, 5.41) is 6.26. The molecule has 0 aliphatic carbocycles. The van der Waals surface area contributed by atoms with E-state index in [4.69, 9.17) is 23.2 Å². The zero-order valence-corrected chi connectivity index (χ0v) is 17.4. The largest absolute Gasteiger partial charge is 0.348 e. The summed E-state index contributed by atoms with van der Waals surface area (Å²) in [6.45, 7) is 2.36. The van der Waals surface area contributed by atoms with Crippen molar-refractivity contribution in [3.8, 4) is 0 Å². The lowest BCUT2D eigenvalue weighted by atomic mass is 10.1. The summed E-state index contributed by atoms with van der Waals surface area (Å²) < 4.78 is 0. The van der Waals surface area contributed by atoms with E-state index in [0.717, 1.165) is 17.7 Å². The Balaban J connectivity index is 1.51. The first-order valence-electron chi connectivity index (χ1n) is 9.28. The highest BCUT2D eigenvalue weighted by Crippen LogP contribution is 2.25. The third kappa shape index (κ3) is 5.28. The van der Waals surface area contributed by atoms with Gasteiger partial charge in [-0.3, -0.25) is 14.4 Å². The monoisotopic (exact) mass is 433 g/mol. The van der Waals surface area contributed by atoms with Gasteiger partial charge >= 0.3 is 0 Å². The number of halogens is 2. The van der Waals surface area contributed by atoms with E-state index in [1.54, 1.807) is 47.4 Å². The highest BCUT2D eigenvalue weighted by Gasteiger charge is 2.21.